The van der Waals surface area contributed by atoms with E-state index in [2.05, 4.69) is 4.98 Å². The van der Waals surface area contributed by atoms with Crippen molar-refractivity contribution in [3.8, 4) is 0 Å². The second-order valence-corrected chi connectivity index (χ2v) is 5.76. The number of aromatic nitrogens is 2. The molecule has 0 saturated carbocycles. The maximum Gasteiger partial charge on any atom is 0.258 e. The summed E-state index contributed by atoms with van der Waals surface area (Å²) in [6.07, 6.45) is 1.78. The minimum absolute atomic E-state index is 0.0886. The molecule has 6 heteroatoms. The molecule has 6 nitrogen and oxygen atoms in total. The minimum Gasteiger partial charge on any atom is -0.342 e. The first kappa shape index (κ1) is 17.1. The van der Waals surface area contributed by atoms with Crippen LogP contribution in [0.4, 0.5) is 0 Å². The van der Waals surface area contributed by atoms with Crippen LogP contribution in [0.5, 0.6) is 0 Å². The highest BCUT2D eigenvalue weighted by Crippen LogP contribution is 2.04. The summed E-state index contributed by atoms with van der Waals surface area (Å²) >= 11 is 0. The number of pyridine rings is 1. The van der Waals surface area contributed by atoms with Gasteiger partial charge in [-0.3, -0.25) is 18.9 Å². The fraction of sp³-hybridized carbons (Fsp3) is 0.471. The highest BCUT2D eigenvalue weighted by molar-refractivity contribution is 5.78. The van der Waals surface area contributed by atoms with Gasteiger partial charge in [0.2, 0.25) is 5.91 Å². The summed E-state index contributed by atoms with van der Waals surface area (Å²) in [6, 6.07) is 5.30. The number of rotatable bonds is 6. The summed E-state index contributed by atoms with van der Waals surface area (Å²) in [5.41, 5.74) is 2.21. The van der Waals surface area contributed by atoms with Crippen molar-refractivity contribution in [2.45, 2.75) is 27.3 Å². The largest absolute Gasteiger partial charge is 0.342 e. The molecule has 0 fully saturated rings. The average Bonchev–Trinajstić information content (AvgIpc) is 2.49. The van der Waals surface area contributed by atoms with E-state index in [0.29, 0.717) is 37.5 Å². The molecule has 2 aromatic heterocycles. The Morgan fingerprint density at radius 3 is 2.61 bits per heavy atom. The molecule has 0 aliphatic heterocycles. The van der Waals surface area contributed by atoms with Crippen LogP contribution in [0, 0.1) is 6.92 Å². The van der Waals surface area contributed by atoms with Crippen LogP contribution in [0.15, 0.2) is 29.2 Å². The van der Waals surface area contributed by atoms with Crippen molar-refractivity contribution in [2.24, 2.45) is 0 Å². The van der Waals surface area contributed by atoms with Gasteiger partial charge < -0.3 is 4.90 Å². The maximum atomic E-state index is 12.2. The van der Waals surface area contributed by atoms with Gasteiger partial charge in [0, 0.05) is 31.9 Å². The molecule has 0 bridgehead atoms. The quantitative estimate of drug-likeness (QED) is 0.806. The lowest BCUT2D eigenvalue weighted by molar-refractivity contribution is -0.131. The predicted octanol–water partition coefficient (Wildman–Crippen LogP) is 1.30. The van der Waals surface area contributed by atoms with E-state index in [9.17, 15) is 9.59 Å². The molecule has 23 heavy (non-hydrogen) atoms. The van der Waals surface area contributed by atoms with Gasteiger partial charge in [0.25, 0.3) is 5.56 Å². The zero-order valence-electron chi connectivity index (χ0n) is 14.2. The van der Waals surface area contributed by atoms with Gasteiger partial charge in [-0.25, -0.2) is 4.98 Å². The Morgan fingerprint density at radius 2 is 1.96 bits per heavy atom. The molecule has 0 atom stereocenters. The van der Waals surface area contributed by atoms with Crippen LogP contribution in [0.2, 0.25) is 0 Å². The number of aryl methyl sites for hydroxylation is 1. The molecule has 0 saturated heterocycles. The number of amides is 1. The van der Waals surface area contributed by atoms with Crippen molar-refractivity contribution in [3.63, 3.8) is 0 Å². The standard InChI is InChI=1S/C17H24N4O2/c1-5-20(6-2)17(23)12-19(4)11-14-9-16(22)21-10-13(3)7-8-15(21)18-14/h7-10H,5-6,11-12H2,1-4H3. The third-order valence-corrected chi connectivity index (χ3v) is 3.81. The summed E-state index contributed by atoms with van der Waals surface area (Å²) in [6.45, 7) is 8.07. The average molecular weight is 316 g/mol. The zero-order chi connectivity index (χ0) is 17.0. The van der Waals surface area contributed by atoms with Crippen LogP contribution in [0.25, 0.3) is 5.65 Å². The predicted molar refractivity (Wildman–Crippen MR) is 90.5 cm³/mol. The number of carbonyl (C=O) groups excluding carboxylic acids is 1. The third-order valence-electron chi connectivity index (χ3n) is 3.81. The summed E-state index contributed by atoms with van der Waals surface area (Å²) < 4.78 is 1.54. The SMILES string of the molecule is CCN(CC)C(=O)CN(C)Cc1cc(=O)n2cc(C)ccc2n1. The first-order chi connectivity index (χ1) is 10.9. The first-order valence-corrected chi connectivity index (χ1v) is 7.89. The zero-order valence-corrected chi connectivity index (χ0v) is 14.2. The van der Waals surface area contributed by atoms with E-state index in [1.165, 1.54) is 6.07 Å². The monoisotopic (exact) mass is 316 g/mol. The molecule has 2 aromatic rings. The number of hydrogen-bond donors (Lipinski definition) is 0. The van der Waals surface area contributed by atoms with E-state index in [1.54, 1.807) is 15.5 Å². The Balaban J connectivity index is 2.14. The fourth-order valence-corrected chi connectivity index (χ4v) is 2.58. The first-order valence-electron chi connectivity index (χ1n) is 7.89. The van der Waals surface area contributed by atoms with Crippen molar-refractivity contribution in [1.82, 2.24) is 19.2 Å². The Labute approximate surface area is 136 Å². The van der Waals surface area contributed by atoms with Crippen molar-refractivity contribution in [1.29, 1.82) is 0 Å². The van der Waals surface area contributed by atoms with Crippen LogP contribution in [-0.4, -0.2) is 51.8 Å². The smallest absolute Gasteiger partial charge is 0.258 e. The fourth-order valence-electron chi connectivity index (χ4n) is 2.58. The molecule has 1 amide bonds. The van der Waals surface area contributed by atoms with Gasteiger partial charge >= 0.3 is 0 Å². The lowest BCUT2D eigenvalue weighted by Gasteiger charge is -2.22. The van der Waals surface area contributed by atoms with Crippen LogP contribution in [0.3, 0.4) is 0 Å². The number of hydrogen-bond acceptors (Lipinski definition) is 4. The second kappa shape index (κ2) is 7.37. The Bertz CT molecular complexity index is 750. The van der Waals surface area contributed by atoms with Crippen molar-refractivity contribution >= 4 is 11.6 Å². The van der Waals surface area contributed by atoms with Gasteiger partial charge in [0.1, 0.15) is 5.65 Å². The summed E-state index contributed by atoms with van der Waals surface area (Å²) in [5.74, 6) is 0.0886. The molecule has 124 valence electrons. The highest BCUT2D eigenvalue weighted by atomic mass is 16.2. The second-order valence-electron chi connectivity index (χ2n) is 5.76. The number of nitrogens with zero attached hydrogens (tertiary/aromatic N) is 4. The molecule has 2 rings (SSSR count). The van der Waals surface area contributed by atoms with Gasteiger partial charge in [0.05, 0.1) is 12.2 Å². The van der Waals surface area contributed by atoms with Gasteiger partial charge in [0.15, 0.2) is 0 Å². The number of fused-ring (bicyclic) bond motifs is 1. The van der Waals surface area contributed by atoms with E-state index in [0.717, 1.165) is 5.56 Å². The summed E-state index contributed by atoms with van der Waals surface area (Å²) in [7, 11) is 1.86. The molecule has 0 aromatic carbocycles. The normalized spacial score (nSPS) is 11.2. The van der Waals surface area contributed by atoms with Crippen molar-refractivity contribution in [2.75, 3.05) is 26.7 Å². The topological polar surface area (TPSA) is 57.9 Å². The van der Waals surface area contributed by atoms with Gasteiger partial charge in [-0.2, -0.15) is 0 Å². The third kappa shape index (κ3) is 4.16. The lowest BCUT2D eigenvalue weighted by Crippen LogP contribution is -2.38. The molecule has 0 spiro atoms. The lowest BCUT2D eigenvalue weighted by atomic mass is 10.3. The van der Waals surface area contributed by atoms with E-state index in [4.69, 9.17) is 0 Å². The Morgan fingerprint density at radius 1 is 1.26 bits per heavy atom. The molecule has 2 heterocycles. The van der Waals surface area contributed by atoms with Gasteiger partial charge in [-0.05, 0) is 39.4 Å². The van der Waals surface area contributed by atoms with E-state index < -0.39 is 0 Å². The molecule has 0 aliphatic carbocycles. The van der Waals surface area contributed by atoms with Crippen molar-refractivity contribution < 1.29 is 4.79 Å². The van der Waals surface area contributed by atoms with Crippen LogP contribution < -0.4 is 5.56 Å². The van der Waals surface area contributed by atoms with Crippen molar-refractivity contribution in [3.05, 3.63) is 46.0 Å². The molecule has 0 aliphatic rings. The summed E-state index contributed by atoms with van der Waals surface area (Å²) in [4.78, 5) is 32.5. The Hall–Kier alpha value is -2.21. The van der Waals surface area contributed by atoms with Gasteiger partial charge in [-0.15, -0.1) is 0 Å². The number of likely N-dealkylation sites (N-methyl/N-ethyl adjacent to an activating group) is 2. The molecular weight excluding hydrogens is 292 g/mol. The number of carbonyl (C=O) groups is 1. The molecule has 0 radical (unpaired) electrons. The van der Waals surface area contributed by atoms with E-state index in [-0.39, 0.29) is 11.5 Å². The highest BCUT2D eigenvalue weighted by Gasteiger charge is 2.13. The minimum atomic E-state index is -0.0998. The van der Waals surface area contributed by atoms with E-state index in [1.807, 2.05) is 44.9 Å². The van der Waals surface area contributed by atoms with E-state index >= 15 is 0 Å². The Kier molecular flexibility index (Phi) is 5.50. The molecule has 0 N–H and O–H groups in total. The van der Waals surface area contributed by atoms with Gasteiger partial charge in [-0.1, -0.05) is 6.07 Å². The summed E-state index contributed by atoms with van der Waals surface area (Å²) in [5, 5.41) is 0. The molecule has 0 unspecified atom stereocenters. The van der Waals surface area contributed by atoms with Crippen LogP contribution in [-0.2, 0) is 11.3 Å². The maximum absolute atomic E-state index is 12.2. The van der Waals surface area contributed by atoms with Crippen LogP contribution in [0.1, 0.15) is 25.1 Å². The molecular formula is C17H24N4O2. The van der Waals surface area contributed by atoms with Crippen LogP contribution >= 0.6 is 0 Å².